The first-order chi connectivity index (χ1) is 6.87. The van der Waals surface area contributed by atoms with Gasteiger partial charge in [-0.05, 0) is 46.0 Å². The first kappa shape index (κ1) is 14.4. The van der Waals surface area contributed by atoms with Crippen molar-refractivity contribution in [1.82, 2.24) is 0 Å². The molecule has 0 aliphatic rings. The second-order valence-corrected chi connectivity index (χ2v) is 5.06. The van der Waals surface area contributed by atoms with Crippen LogP contribution < -0.4 is 0 Å². The second-order valence-electron chi connectivity index (χ2n) is 5.06. The van der Waals surface area contributed by atoms with E-state index in [9.17, 15) is 5.11 Å². The summed E-state index contributed by atoms with van der Waals surface area (Å²) >= 11 is 0. The Morgan fingerprint density at radius 3 is 2.40 bits per heavy atom. The maximum atomic E-state index is 9.77. The van der Waals surface area contributed by atoms with Crippen LogP contribution in [0.25, 0.3) is 0 Å². The van der Waals surface area contributed by atoms with Gasteiger partial charge in [-0.1, -0.05) is 37.6 Å². The van der Waals surface area contributed by atoms with E-state index in [1.165, 1.54) is 12.0 Å². The molecular weight excluding hydrogens is 184 g/mol. The van der Waals surface area contributed by atoms with Gasteiger partial charge in [0.15, 0.2) is 0 Å². The Morgan fingerprint density at radius 1 is 1.40 bits per heavy atom. The number of hydrogen-bond acceptors (Lipinski definition) is 1. The average molecular weight is 210 g/mol. The lowest BCUT2D eigenvalue weighted by Crippen LogP contribution is -2.23. The van der Waals surface area contributed by atoms with Gasteiger partial charge in [0.2, 0.25) is 0 Å². The molecule has 0 aromatic carbocycles. The van der Waals surface area contributed by atoms with E-state index in [0.29, 0.717) is 5.92 Å². The van der Waals surface area contributed by atoms with Crippen molar-refractivity contribution in [2.45, 2.75) is 59.0 Å². The molecule has 0 fully saturated rings. The summed E-state index contributed by atoms with van der Waals surface area (Å²) in [5, 5.41) is 9.77. The summed E-state index contributed by atoms with van der Waals surface area (Å²) < 4.78 is 0. The molecule has 1 unspecified atom stereocenters. The van der Waals surface area contributed by atoms with E-state index in [0.717, 1.165) is 19.3 Å². The van der Waals surface area contributed by atoms with Gasteiger partial charge >= 0.3 is 0 Å². The van der Waals surface area contributed by atoms with E-state index in [-0.39, 0.29) is 0 Å². The summed E-state index contributed by atoms with van der Waals surface area (Å²) in [6.45, 7) is 11.9. The van der Waals surface area contributed by atoms with Crippen LogP contribution in [0.5, 0.6) is 0 Å². The average Bonchev–Trinajstić information content (AvgIpc) is 2.08. The molecule has 0 rings (SSSR count). The minimum Gasteiger partial charge on any atom is -0.390 e. The number of allylic oxidation sites excluding steroid dienone is 3. The van der Waals surface area contributed by atoms with Gasteiger partial charge in [-0.2, -0.15) is 0 Å². The van der Waals surface area contributed by atoms with Gasteiger partial charge in [-0.25, -0.2) is 0 Å². The van der Waals surface area contributed by atoms with Gasteiger partial charge in [0.1, 0.15) is 0 Å². The fourth-order valence-corrected chi connectivity index (χ4v) is 1.61. The molecule has 1 nitrogen and oxygen atoms in total. The molecule has 1 atom stereocenters. The smallest absolute Gasteiger partial charge is 0.0597 e. The zero-order valence-electron chi connectivity index (χ0n) is 10.7. The van der Waals surface area contributed by atoms with E-state index < -0.39 is 5.60 Å². The Morgan fingerprint density at radius 2 is 2.00 bits per heavy atom. The lowest BCUT2D eigenvalue weighted by Gasteiger charge is -2.24. The van der Waals surface area contributed by atoms with Crippen molar-refractivity contribution >= 4 is 0 Å². The van der Waals surface area contributed by atoms with Crippen molar-refractivity contribution in [2.75, 3.05) is 0 Å². The largest absolute Gasteiger partial charge is 0.390 e. The third-order valence-electron chi connectivity index (χ3n) is 2.49. The van der Waals surface area contributed by atoms with Crippen LogP contribution in [0.4, 0.5) is 0 Å². The molecule has 1 heteroatoms. The van der Waals surface area contributed by atoms with Gasteiger partial charge in [0.05, 0.1) is 5.60 Å². The molecule has 15 heavy (non-hydrogen) atoms. The Labute approximate surface area is 94.9 Å². The van der Waals surface area contributed by atoms with Crippen LogP contribution in [-0.4, -0.2) is 10.7 Å². The van der Waals surface area contributed by atoms with Gasteiger partial charge in [0.25, 0.3) is 0 Å². The van der Waals surface area contributed by atoms with Crippen LogP contribution in [0, 0.1) is 5.92 Å². The topological polar surface area (TPSA) is 20.2 Å². The van der Waals surface area contributed by atoms with Gasteiger partial charge in [0, 0.05) is 0 Å². The zero-order valence-corrected chi connectivity index (χ0v) is 10.7. The van der Waals surface area contributed by atoms with Crippen molar-refractivity contribution in [2.24, 2.45) is 5.92 Å². The highest BCUT2D eigenvalue weighted by Gasteiger charge is 2.19. The van der Waals surface area contributed by atoms with E-state index in [1.54, 1.807) is 0 Å². The highest BCUT2D eigenvalue weighted by atomic mass is 16.3. The van der Waals surface area contributed by atoms with Gasteiger partial charge in [-0.15, -0.1) is 0 Å². The monoisotopic (exact) mass is 210 g/mol. The zero-order chi connectivity index (χ0) is 11.9. The van der Waals surface area contributed by atoms with E-state index in [1.807, 2.05) is 20.8 Å². The van der Waals surface area contributed by atoms with E-state index >= 15 is 0 Å². The number of hydrogen-bond donors (Lipinski definition) is 1. The maximum absolute atomic E-state index is 9.77. The molecule has 0 aliphatic heterocycles. The Balaban J connectivity index is 4.12. The summed E-state index contributed by atoms with van der Waals surface area (Å²) in [4.78, 5) is 0. The molecule has 88 valence electrons. The lowest BCUT2D eigenvalue weighted by atomic mass is 9.86. The molecular formula is C14H26O. The quantitative estimate of drug-likeness (QED) is 0.628. The fraction of sp³-hybridized carbons (Fsp3) is 0.714. The minimum atomic E-state index is -0.595. The van der Waals surface area contributed by atoms with Crippen LogP contribution in [0.2, 0.25) is 0 Å². The van der Waals surface area contributed by atoms with Gasteiger partial charge < -0.3 is 5.11 Å². The van der Waals surface area contributed by atoms with Gasteiger partial charge in [-0.3, -0.25) is 0 Å². The predicted octanol–water partition coefficient (Wildman–Crippen LogP) is 4.09. The standard InChI is InChI=1S/C14H26O/c1-6-7-8-9-10-13(12(2)3)11-14(4,5)15/h8-9,13,15H,2,6-7,10-11H2,1,3-5H3/b9-8+. The molecule has 0 bridgehead atoms. The lowest BCUT2D eigenvalue weighted by molar-refractivity contribution is 0.0580. The highest BCUT2D eigenvalue weighted by molar-refractivity contribution is 5.01. The molecule has 0 aliphatic carbocycles. The third kappa shape index (κ3) is 8.44. The summed E-state index contributed by atoms with van der Waals surface area (Å²) in [5.74, 6) is 0.401. The van der Waals surface area contributed by atoms with E-state index in [4.69, 9.17) is 0 Å². The molecule has 0 aromatic rings. The Kier molecular flexibility index (Phi) is 6.58. The molecule has 0 aromatic heterocycles. The molecule has 0 heterocycles. The Hall–Kier alpha value is -0.560. The summed E-state index contributed by atoms with van der Waals surface area (Å²) in [6.07, 6.45) is 8.57. The van der Waals surface area contributed by atoms with Crippen molar-refractivity contribution in [3.63, 3.8) is 0 Å². The normalized spacial score (nSPS) is 14.5. The first-order valence-electron chi connectivity index (χ1n) is 5.89. The summed E-state index contributed by atoms with van der Waals surface area (Å²) in [5.41, 5.74) is 0.570. The van der Waals surface area contributed by atoms with Crippen molar-refractivity contribution < 1.29 is 5.11 Å². The van der Waals surface area contributed by atoms with Crippen LogP contribution in [0.15, 0.2) is 24.3 Å². The van der Waals surface area contributed by atoms with Crippen LogP contribution >= 0.6 is 0 Å². The molecule has 0 radical (unpaired) electrons. The van der Waals surface area contributed by atoms with Crippen molar-refractivity contribution in [3.8, 4) is 0 Å². The highest BCUT2D eigenvalue weighted by Crippen LogP contribution is 2.25. The molecule has 1 N–H and O–H groups in total. The molecule has 0 saturated carbocycles. The fourth-order valence-electron chi connectivity index (χ4n) is 1.61. The van der Waals surface area contributed by atoms with Crippen molar-refractivity contribution in [3.05, 3.63) is 24.3 Å². The molecule has 0 saturated heterocycles. The molecule has 0 amide bonds. The Bertz CT molecular complexity index is 208. The first-order valence-corrected chi connectivity index (χ1v) is 5.89. The number of unbranched alkanes of at least 4 members (excludes halogenated alkanes) is 1. The maximum Gasteiger partial charge on any atom is 0.0597 e. The van der Waals surface area contributed by atoms with Crippen LogP contribution in [-0.2, 0) is 0 Å². The molecule has 0 spiro atoms. The second kappa shape index (κ2) is 6.84. The number of rotatable bonds is 7. The summed E-state index contributed by atoms with van der Waals surface area (Å²) in [7, 11) is 0. The van der Waals surface area contributed by atoms with Crippen LogP contribution in [0.3, 0.4) is 0 Å². The number of aliphatic hydroxyl groups is 1. The van der Waals surface area contributed by atoms with E-state index in [2.05, 4.69) is 25.7 Å². The predicted molar refractivity (Wildman–Crippen MR) is 67.9 cm³/mol. The van der Waals surface area contributed by atoms with Crippen LogP contribution in [0.1, 0.15) is 53.4 Å². The minimum absolute atomic E-state index is 0.401. The summed E-state index contributed by atoms with van der Waals surface area (Å²) in [6, 6.07) is 0. The third-order valence-corrected chi connectivity index (χ3v) is 2.49. The van der Waals surface area contributed by atoms with Crippen molar-refractivity contribution in [1.29, 1.82) is 0 Å². The SMILES string of the molecule is C=C(C)C(C/C=C/CCC)CC(C)(C)O.